The topological polar surface area (TPSA) is 70.7 Å². The molecule has 2 aromatic carbocycles. The average molecular weight is 420 g/mol. The maximum atomic E-state index is 13.3. The van der Waals surface area contributed by atoms with E-state index in [1.807, 2.05) is 0 Å². The first-order chi connectivity index (χ1) is 14.0. The van der Waals surface area contributed by atoms with Crippen LogP contribution < -0.4 is 10.6 Å². The Bertz CT molecular complexity index is 824. The van der Waals surface area contributed by atoms with Crippen LogP contribution in [0, 0.1) is 5.82 Å². The highest BCUT2D eigenvalue weighted by Gasteiger charge is 2.24. The van der Waals surface area contributed by atoms with Gasteiger partial charge in [-0.15, -0.1) is 0 Å². The highest BCUT2D eigenvalue weighted by Crippen LogP contribution is 2.21. The van der Waals surface area contributed by atoms with Gasteiger partial charge in [-0.25, -0.2) is 4.39 Å². The van der Waals surface area contributed by atoms with Crippen LogP contribution >= 0.6 is 11.6 Å². The van der Waals surface area contributed by atoms with Crippen molar-refractivity contribution >= 4 is 23.4 Å². The van der Waals surface area contributed by atoms with Gasteiger partial charge in [0.1, 0.15) is 5.82 Å². The molecule has 0 aromatic heterocycles. The van der Waals surface area contributed by atoms with Crippen LogP contribution in [0.3, 0.4) is 0 Å². The molecule has 0 radical (unpaired) electrons. The van der Waals surface area contributed by atoms with Gasteiger partial charge in [0.15, 0.2) is 0 Å². The molecule has 6 nitrogen and oxygen atoms in total. The quantitative estimate of drug-likeness (QED) is 0.705. The second-order valence-corrected chi connectivity index (χ2v) is 7.17. The normalized spacial score (nSPS) is 15.5. The summed E-state index contributed by atoms with van der Waals surface area (Å²) < 4.78 is 18.7. The zero-order chi connectivity index (χ0) is 20.6. The first-order valence-electron chi connectivity index (χ1n) is 9.40. The van der Waals surface area contributed by atoms with Crippen molar-refractivity contribution in [3.63, 3.8) is 0 Å². The second kappa shape index (κ2) is 10.3. The van der Waals surface area contributed by atoms with Crippen LogP contribution in [0.4, 0.5) is 4.39 Å². The number of nitrogens with one attached hydrogen (secondary N) is 2. The number of rotatable bonds is 6. The van der Waals surface area contributed by atoms with Crippen molar-refractivity contribution in [1.82, 2.24) is 15.5 Å². The fourth-order valence-electron chi connectivity index (χ4n) is 3.17. The largest absolute Gasteiger partial charge is 0.379 e. The maximum Gasteiger partial charge on any atom is 0.309 e. The van der Waals surface area contributed by atoms with E-state index in [1.54, 1.807) is 36.4 Å². The van der Waals surface area contributed by atoms with E-state index in [9.17, 15) is 14.0 Å². The monoisotopic (exact) mass is 419 g/mol. The molecule has 3 rings (SSSR count). The SMILES string of the molecule is O=C(NCc1ccc(Cl)cc1)C(=O)NC[C@H](c1ccc(F)cc1)N1CCOCC1. The fraction of sp³-hybridized carbons (Fsp3) is 0.333. The van der Waals surface area contributed by atoms with Crippen molar-refractivity contribution in [2.75, 3.05) is 32.8 Å². The van der Waals surface area contributed by atoms with Gasteiger partial charge in [0.05, 0.1) is 19.3 Å². The van der Waals surface area contributed by atoms with E-state index in [-0.39, 0.29) is 24.9 Å². The Morgan fingerprint density at radius 2 is 1.62 bits per heavy atom. The van der Waals surface area contributed by atoms with Gasteiger partial charge in [-0.05, 0) is 35.4 Å². The summed E-state index contributed by atoms with van der Waals surface area (Å²) in [4.78, 5) is 26.5. The minimum absolute atomic E-state index is 0.174. The molecule has 0 spiro atoms. The predicted octanol–water partition coefficient (Wildman–Crippen LogP) is 2.29. The molecular formula is C21H23ClFN3O3. The van der Waals surface area contributed by atoms with Gasteiger partial charge >= 0.3 is 11.8 Å². The minimum atomic E-state index is -0.709. The van der Waals surface area contributed by atoms with E-state index in [2.05, 4.69) is 15.5 Å². The Balaban J connectivity index is 1.57. The summed E-state index contributed by atoms with van der Waals surface area (Å²) in [6, 6.07) is 13.0. The van der Waals surface area contributed by atoms with Gasteiger partial charge < -0.3 is 15.4 Å². The first kappa shape index (κ1) is 21.2. The fourth-order valence-corrected chi connectivity index (χ4v) is 3.29. The van der Waals surface area contributed by atoms with E-state index in [0.29, 0.717) is 31.3 Å². The Morgan fingerprint density at radius 3 is 2.28 bits per heavy atom. The highest BCUT2D eigenvalue weighted by atomic mass is 35.5. The molecule has 1 aliphatic heterocycles. The lowest BCUT2D eigenvalue weighted by Gasteiger charge is -2.34. The molecule has 1 saturated heterocycles. The van der Waals surface area contributed by atoms with E-state index in [1.165, 1.54) is 12.1 Å². The van der Waals surface area contributed by atoms with Gasteiger partial charge in [-0.2, -0.15) is 0 Å². The lowest BCUT2D eigenvalue weighted by Crippen LogP contribution is -2.46. The standard InChI is InChI=1S/C21H23ClFN3O3/c22-17-5-1-15(2-6-17)13-24-20(27)21(28)25-14-19(26-9-11-29-12-10-26)16-3-7-18(23)8-4-16/h1-8,19H,9-14H2,(H,24,27)(H,25,28)/t19-/m1/s1. The molecule has 0 saturated carbocycles. The molecule has 1 fully saturated rings. The number of carbonyl (C=O) groups excluding carboxylic acids is 2. The molecule has 2 N–H and O–H groups in total. The molecule has 1 aliphatic rings. The number of amides is 2. The van der Waals surface area contributed by atoms with E-state index < -0.39 is 11.8 Å². The molecule has 0 unspecified atom stereocenters. The third kappa shape index (κ3) is 6.25. The zero-order valence-electron chi connectivity index (χ0n) is 15.9. The van der Waals surface area contributed by atoms with Gasteiger partial charge in [0, 0.05) is 31.2 Å². The predicted molar refractivity (Wildman–Crippen MR) is 108 cm³/mol. The van der Waals surface area contributed by atoms with Crippen LogP contribution in [-0.2, 0) is 20.9 Å². The van der Waals surface area contributed by atoms with Crippen LogP contribution in [0.15, 0.2) is 48.5 Å². The third-order valence-corrected chi connectivity index (χ3v) is 5.02. The van der Waals surface area contributed by atoms with Gasteiger partial charge in [0.2, 0.25) is 0 Å². The van der Waals surface area contributed by atoms with Crippen LogP contribution in [0.2, 0.25) is 5.02 Å². The number of nitrogens with zero attached hydrogens (tertiary/aromatic N) is 1. The van der Waals surface area contributed by atoms with Crippen LogP contribution in [0.1, 0.15) is 17.2 Å². The molecular weight excluding hydrogens is 397 g/mol. The summed E-state index contributed by atoms with van der Waals surface area (Å²) in [6.45, 7) is 3.04. The lowest BCUT2D eigenvalue weighted by atomic mass is 10.0. The van der Waals surface area contributed by atoms with E-state index >= 15 is 0 Å². The molecule has 154 valence electrons. The molecule has 0 aliphatic carbocycles. The van der Waals surface area contributed by atoms with Crippen molar-refractivity contribution in [2.45, 2.75) is 12.6 Å². The maximum absolute atomic E-state index is 13.3. The molecule has 2 amide bonds. The second-order valence-electron chi connectivity index (χ2n) is 6.73. The Labute approximate surface area is 174 Å². The van der Waals surface area contributed by atoms with Crippen LogP contribution in [-0.4, -0.2) is 49.6 Å². The number of halogens is 2. The minimum Gasteiger partial charge on any atom is -0.379 e. The number of carbonyl (C=O) groups is 2. The van der Waals surface area contributed by atoms with Crippen molar-refractivity contribution in [3.05, 3.63) is 70.5 Å². The van der Waals surface area contributed by atoms with Gasteiger partial charge in [0.25, 0.3) is 0 Å². The highest BCUT2D eigenvalue weighted by molar-refractivity contribution is 6.35. The summed E-state index contributed by atoms with van der Waals surface area (Å²) in [5.41, 5.74) is 1.71. The Morgan fingerprint density at radius 1 is 1.00 bits per heavy atom. The third-order valence-electron chi connectivity index (χ3n) is 4.77. The molecule has 1 atom stereocenters. The van der Waals surface area contributed by atoms with Crippen LogP contribution in [0.25, 0.3) is 0 Å². The summed E-state index contributed by atoms with van der Waals surface area (Å²) in [5.74, 6) is -1.74. The molecule has 1 heterocycles. The number of ether oxygens (including phenoxy) is 1. The molecule has 2 aromatic rings. The smallest absolute Gasteiger partial charge is 0.309 e. The number of hydrogen-bond acceptors (Lipinski definition) is 4. The molecule has 29 heavy (non-hydrogen) atoms. The summed E-state index contributed by atoms with van der Waals surface area (Å²) >= 11 is 5.83. The van der Waals surface area contributed by atoms with Crippen molar-refractivity contribution in [2.24, 2.45) is 0 Å². The lowest BCUT2D eigenvalue weighted by molar-refractivity contribution is -0.139. The van der Waals surface area contributed by atoms with Gasteiger partial charge in [-0.1, -0.05) is 35.9 Å². The van der Waals surface area contributed by atoms with Crippen molar-refractivity contribution in [3.8, 4) is 0 Å². The van der Waals surface area contributed by atoms with Crippen molar-refractivity contribution in [1.29, 1.82) is 0 Å². The number of benzene rings is 2. The summed E-state index contributed by atoms with van der Waals surface area (Å²) in [5, 5.41) is 5.89. The Kier molecular flexibility index (Phi) is 7.57. The van der Waals surface area contributed by atoms with Crippen molar-refractivity contribution < 1.29 is 18.7 Å². The van der Waals surface area contributed by atoms with E-state index in [4.69, 9.17) is 16.3 Å². The number of morpholine rings is 1. The summed E-state index contributed by atoms with van der Waals surface area (Å²) in [6.07, 6.45) is 0. The molecule has 8 heteroatoms. The Hall–Kier alpha value is -2.48. The first-order valence-corrected chi connectivity index (χ1v) is 9.78. The van der Waals surface area contributed by atoms with E-state index in [0.717, 1.165) is 11.1 Å². The average Bonchev–Trinajstić information content (AvgIpc) is 2.75. The number of hydrogen-bond donors (Lipinski definition) is 2. The summed E-state index contributed by atoms with van der Waals surface area (Å²) in [7, 11) is 0. The molecule has 0 bridgehead atoms. The van der Waals surface area contributed by atoms with Crippen LogP contribution in [0.5, 0.6) is 0 Å². The zero-order valence-corrected chi connectivity index (χ0v) is 16.6. The van der Waals surface area contributed by atoms with Gasteiger partial charge in [-0.3, -0.25) is 14.5 Å².